The Bertz CT molecular complexity index is 861. The highest BCUT2D eigenvalue weighted by atomic mass is 32.2. The zero-order valence-electron chi connectivity index (χ0n) is 14.2. The summed E-state index contributed by atoms with van der Waals surface area (Å²) in [4.78, 5) is 15.8. The normalized spacial score (nSPS) is 11.2. The number of hydrogen-bond acceptors (Lipinski definition) is 4. The fourth-order valence-corrected chi connectivity index (χ4v) is 3.26. The van der Waals surface area contributed by atoms with Gasteiger partial charge >= 0.3 is 0 Å². The van der Waals surface area contributed by atoms with Crippen LogP contribution in [0, 0.1) is 11.6 Å². The van der Waals surface area contributed by atoms with E-state index in [2.05, 4.69) is 10.3 Å². The molecule has 2 rings (SSSR count). The van der Waals surface area contributed by atoms with Crippen LogP contribution in [0.4, 0.5) is 14.5 Å². The Morgan fingerprint density at radius 2 is 2.00 bits per heavy atom. The number of hydrogen-bond donors (Lipinski definition) is 1. The van der Waals surface area contributed by atoms with E-state index in [0.29, 0.717) is 6.54 Å². The van der Waals surface area contributed by atoms with E-state index in [1.807, 2.05) is 6.07 Å². The van der Waals surface area contributed by atoms with Gasteiger partial charge in [-0.2, -0.15) is 0 Å². The van der Waals surface area contributed by atoms with E-state index >= 15 is 0 Å². The molecule has 9 heteroatoms. The molecule has 0 aliphatic carbocycles. The highest BCUT2D eigenvalue weighted by Gasteiger charge is 2.19. The summed E-state index contributed by atoms with van der Waals surface area (Å²) in [6.45, 7) is 0.301. The van der Waals surface area contributed by atoms with Gasteiger partial charge < -0.3 is 5.32 Å². The number of benzene rings is 1. The van der Waals surface area contributed by atoms with Crippen LogP contribution in [0.5, 0.6) is 0 Å². The number of anilines is 1. The van der Waals surface area contributed by atoms with Crippen molar-refractivity contribution in [3.63, 3.8) is 0 Å². The number of carbonyl (C=O) groups excluding carboxylic acids is 1. The van der Waals surface area contributed by atoms with Crippen LogP contribution in [0.2, 0.25) is 0 Å². The fraction of sp³-hybridized carbons (Fsp3) is 0.294. The summed E-state index contributed by atoms with van der Waals surface area (Å²) in [5.41, 5.74) is 0.863. The average Bonchev–Trinajstić information content (AvgIpc) is 2.59. The lowest BCUT2D eigenvalue weighted by atomic mass is 10.2. The first-order chi connectivity index (χ1) is 12.3. The lowest BCUT2D eigenvalue weighted by Crippen LogP contribution is -2.32. The highest BCUT2D eigenvalue weighted by molar-refractivity contribution is 7.92. The van der Waals surface area contributed by atoms with E-state index in [4.69, 9.17) is 0 Å². The Kier molecular flexibility index (Phi) is 6.62. The van der Waals surface area contributed by atoms with Gasteiger partial charge in [-0.3, -0.25) is 14.1 Å². The summed E-state index contributed by atoms with van der Waals surface area (Å²) < 4.78 is 51.2. The largest absolute Gasteiger partial charge is 0.352 e. The Labute approximate surface area is 150 Å². The second-order valence-corrected chi connectivity index (χ2v) is 7.58. The summed E-state index contributed by atoms with van der Waals surface area (Å²) in [5.74, 6) is -2.44. The van der Waals surface area contributed by atoms with Gasteiger partial charge in [0.25, 0.3) is 0 Å². The molecule has 140 valence electrons. The van der Waals surface area contributed by atoms with Crippen molar-refractivity contribution in [1.82, 2.24) is 10.3 Å². The lowest BCUT2D eigenvalue weighted by Gasteiger charge is -2.22. The average molecular weight is 383 g/mol. The van der Waals surface area contributed by atoms with Crippen molar-refractivity contribution >= 4 is 21.6 Å². The predicted octanol–water partition coefficient (Wildman–Crippen LogP) is 2.22. The van der Waals surface area contributed by atoms with Crippen LogP contribution in [0.25, 0.3) is 0 Å². The second-order valence-electron chi connectivity index (χ2n) is 5.68. The van der Waals surface area contributed by atoms with Gasteiger partial charge in [0.1, 0.15) is 0 Å². The summed E-state index contributed by atoms with van der Waals surface area (Å²) in [5, 5.41) is 2.71. The van der Waals surface area contributed by atoms with Crippen LogP contribution >= 0.6 is 0 Å². The molecule has 1 aromatic carbocycles. The standard InChI is InChI=1S/C17H19F2N3O3S/c1-26(24,25)22(14-6-7-15(18)16(19)10-14)9-3-5-17(23)21-12-13-4-2-8-20-11-13/h2,4,6-8,10-11H,3,5,9,12H2,1H3,(H,21,23). The summed E-state index contributed by atoms with van der Waals surface area (Å²) in [6, 6.07) is 6.44. The molecular weight excluding hydrogens is 364 g/mol. The number of pyridine rings is 1. The van der Waals surface area contributed by atoms with Gasteiger partial charge in [-0.15, -0.1) is 0 Å². The van der Waals surface area contributed by atoms with Crippen molar-refractivity contribution in [3.8, 4) is 0 Å². The smallest absolute Gasteiger partial charge is 0.232 e. The molecule has 1 amide bonds. The third-order valence-corrected chi connectivity index (χ3v) is 4.76. The monoisotopic (exact) mass is 383 g/mol. The van der Waals surface area contributed by atoms with Crippen LogP contribution in [0.15, 0.2) is 42.7 Å². The number of aromatic nitrogens is 1. The number of carbonyl (C=O) groups is 1. The molecule has 1 aromatic heterocycles. The van der Waals surface area contributed by atoms with Gasteiger partial charge in [0.2, 0.25) is 15.9 Å². The Morgan fingerprint density at radius 1 is 1.23 bits per heavy atom. The molecule has 6 nitrogen and oxygen atoms in total. The second kappa shape index (κ2) is 8.70. The Balaban J connectivity index is 1.91. The molecule has 26 heavy (non-hydrogen) atoms. The SMILES string of the molecule is CS(=O)(=O)N(CCCC(=O)NCc1cccnc1)c1ccc(F)c(F)c1. The molecule has 0 spiro atoms. The van der Waals surface area contributed by atoms with Crippen LogP contribution < -0.4 is 9.62 Å². The molecule has 0 fully saturated rings. The molecule has 0 saturated carbocycles. The van der Waals surface area contributed by atoms with Crippen LogP contribution in [-0.2, 0) is 21.4 Å². The number of nitrogens with one attached hydrogen (secondary N) is 1. The number of amides is 1. The molecule has 0 aliphatic heterocycles. The molecule has 1 N–H and O–H groups in total. The molecule has 0 unspecified atom stereocenters. The third kappa shape index (κ3) is 5.76. The van der Waals surface area contributed by atoms with Gasteiger partial charge in [-0.1, -0.05) is 6.07 Å². The zero-order valence-corrected chi connectivity index (χ0v) is 15.0. The molecule has 0 atom stereocenters. The highest BCUT2D eigenvalue weighted by Crippen LogP contribution is 2.21. The minimum absolute atomic E-state index is 0.0159. The van der Waals surface area contributed by atoms with Crippen molar-refractivity contribution in [1.29, 1.82) is 0 Å². The molecule has 1 heterocycles. The van der Waals surface area contributed by atoms with Gasteiger partial charge in [0, 0.05) is 38.0 Å². The number of nitrogens with zero attached hydrogens (tertiary/aromatic N) is 2. The van der Waals surface area contributed by atoms with E-state index < -0.39 is 21.7 Å². The van der Waals surface area contributed by atoms with Crippen molar-refractivity contribution in [3.05, 3.63) is 59.9 Å². The molecule has 2 aromatic rings. The number of sulfonamides is 1. The summed E-state index contributed by atoms with van der Waals surface area (Å²) in [6.07, 6.45) is 4.55. The summed E-state index contributed by atoms with van der Waals surface area (Å²) >= 11 is 0. The fourth-order valence-electron chi connectivity index (χ4n) is 2.30. The molecular formula is C17H19F2N3O3S. The Hall–Kier alpha value is -2.55. The number of rotatable bonds is 8. The van der Waals surface area contributed by atoms with Crippen molar-refractivity contribution < 1.29 is 22.0 Å². The van der Waals surface area contributed by atoms with Crippen LogP contribution in [0.3, 0.4) is 0 Å². The van der Waals surface area contributed by atoms with Gasteiger partial charge in [0.15, 0.2) is 11.6 Å². The van der Waals surface area contributed by atoms with Gasteiger partial charge in [-0.25, -0.2) is 17.2 Å². The molecule has 0 aliphatic rings. The molecule has 0 bridgehead atoms. The maximum atomic E-state index is 13.4. The Morgan fingerprint density at radius 3 is 2.62 bits per heavy atom. The van der Waals surface area contributed by atoms with Gasteiger partial charge in [-0.05, 0) is 30.2 Å². The van der Waals surface area contributed by atoms with Crippen LogP contribution in [0.1, 0.15) is 18.4 Å². The van der Waals surface area contributed by atoms with E-state index in [1.54, 1.807) is 18.5 Å². The predicted molar refractivity (Wildman–Crippen MR) is 93.9 cm³/mol. The van der Waals surface area contributed by atoms with Crippen molar-refractivity contribution in [2.75, 3.05) is 17.1 Å². The minimum Gasteiger partial charge on any atom is -0.352 e. The van der Waals surface area contributed by atoms with Crippen molar-refractivity contribution in [2.45, 2.75) is 19.4 Å². The minimum atomic E-state index is -3.70. The maximum Gasteiger partial charge on any atom is 0.232 e. The van der Waals surface area contributed by atoms with Crippen molar-refractivity contribution in [2.24, 2.45) is 0 Å². The van der Waals surface area contributed by atoms with Crippen LogP contribution in [-0.4, -0.2) is 32.1 Å². The number of halogens is 2. The first-order valence-electron chi connectivity index (χ1n) is 7.86. The van der Waals surface area contributed by atoms with E-state index in [-0.39, 0.29) is 31.0 Å². The zero-order chi connectivity index (χ0) is 19.2. The first-order valence-corrected chi connectivity index (χ1v) is 9.70. The topological polar surface area (TPSA) is 79.4 Å². The molecule has 0 radical (unpaired) electrons. The van der Waals surface area contributed by atoms with E-state index in [1.165, 1.54) is 6.07 Å². The van der Waals surface area contributed by atoms with E-state index in [9.17, 15) is 22.0 Å². The lowest BCUT2D eigenvalue weighted by molar-refractivity contribution is -0.121. The van der Waals surface area contributed by atoms with Gasteiger partial charge in [0.05, 0.1) is 11.9 Å². The van der Waals surface area contributed by atoms with E-state index in [0.717, 1.165) is 28.3 Å². The summed E-state index contributed by atoms with van der Waals surface area (Å²) in [7, 11) is -3.70. The first kappa shape index (κ1) is 19.8. The maximum absolute atomic E-state index is 13.4. The third-order valence-electron chi connectivity index (χ3n) is 3.57. The molecule has 0 saturated heterocycles. The quantitative estimate of drug-likeness (QED) is 0.758.